The normalized spacial score (nSPS) is 14.0. The molecule has 0 saturated carbocycles. The van der Waals surface area contributed by atoms with Crippen molar-refractivity contribution in [2.24, 2.45) is 0 Å². The molecule has 1 saturated heterocycles. The van der Waals surface area contributed by atoms with Gasteiger partial charge in [0.25, 0.3) is 5.91 Å². The minimum atomic E-state index is -0.0767. The molecule has 1 N–H and O–H groups in total. The number of aromatic nitrogens is 2. The Bertz CT molecular complexity index is 948. The van der Waals surface area contributed by atoms with Crippen molar-refractivity contribution in [1.82, 2.24) is 14.9 Å². The highest BCUT2D eigenvalue weighted by molar-refractivity contribution is 5.91. The first kappa shape index (κ1) is 18.8. The molecule has 1 fully saturated rings. The Labute approximate surface area is 169 Å². The molecule has 8 nitrogen and oxygen atoms in total. The van der Waals surface area contributed by atoms with E-state index < -0.39 is 0 Å². The van der Waals surface area contributed by atoms with Gasteiger partial charge in [-0.25, -0.2) is 4.98 Å². The van der Waals surface area contributed by atoms with Crippen LogP contribution in [0.1, 0.15) is 10.6 Å². The lowest BCUT2D eigenvalue weighted by molar-refractivity contribution is 0.0714. The quantitative estimate of drug-likeness (QED) is 0.715. The summed E-state index contributed by atoms with van der Waals surface area (Å²) in [6.07, 6.45) is 3.27. The Morgan fingerprint density at radius 1 is 1.07 bits per heavy atom. The number of hydrogen-bond donors (Lipinski definition) is 1. The molecule has 1 aliphatic rings. The third kappa shape index (κ3) is 4.31. The van der Waals surface area contributed by atoms with E-state index in [4.69, 9.17) is 4.42 Å². The van der Waals surface area contributed by atoms with Crippen LogP contribution >= 0.6 is 0 Å². The van der Waals surface area contributed by atoms with Gasteiger partial charge in [-0.2, -0.15) is 4.98 Å². The number of anilines is 4. The van der Waals surface area contributed by atoms with E-state index in [1.165, 1.54) is 6.26 Å². The van der Waals surface area contributed by atoms with Gasteiger partial charge in [0.1, 0.15) is 5.82 Å². The number of hydrogen-bond acceptors (Lipinski definition) is 7. The molecule has 3 aromatic rings. The average molecular weight is 392 g/mol. The van der Waals surface area contributed by atoms with Crippen molar-refractivity contribution < 1.29 is 9.21 Å². The van der Waals surface area contributed by atoms with Gasteiger partial charge in [-0.05, 0) is 42.5 Å². The smallest absolute Gasteiger partial charge is 0.289 e. The van der Waals surface area contributed by atoms with Crippen molar-refractivity contribution in [1.29, 1.82) is 0 Å². The van der Waals surface area contributed by atoms with Crippen LogP contribution in [0.3, 0.4) is 0 Å². The number of carbonyl (C=O) groups is 1. The maximum atomic E-state index is 12.4. The first-order chi connectivity index (χ1) is 14.1. The Morgan fingerprint density at radius 2 is 1.83 bits per heavy atom. The Morgan fingerprint density at radius 3 is 2.48 bits per heavy atom. The van der Waals surface area contributed by atoms with Crippen LogP contribution in [-0.4, -0.2) is 61.0 Å². The summed E-state index contributed by atoms with van der Waals surface area (Å²) in [5.74, 6) is 1.69. The van der Waals surface area contributed by atoms with Crippen LogP contribution in [0.15, 0.2) is 59.3 Å². The minimum Gasteiger partial charge on any atom is -0.459 e. The molecule has 3 heterocycles. The molecule has 2 aromatic heterocycles. The van der Waals surface area contributed by atoms with E-state index in [1.807, 2.05) is 32.3 Å². The van der Waals surface area contributed by atoms with Gasteiger partial charge < -0.3 is 24.4 Å². The number of nitrogens with one attached hydrogen (secondary N) is 1. The molecule has 4 rings (SSSR count). The summed E-state index contributed by atoms with van der Waals surface area (Å²) in [7, 11) is 4.03. The zero-order valence-electron chi connectivity index (χ0n) is 16.6. The van der Waals surface area contributed by atoms with Gasteiger partial charge in [0.2, 0.25) is 5.95 Å². The highest BCUT2D eigenvalue weighted by atomic mass is 16.3. The van der Waals surface area contributed by atoms with Gasteiger partial charge in [0.15, 0.2) is 5.76 Å². The van der Waals surface area contributed by atoms with Gasteiger partial charge in [-0.1, -0.05) is 0 Å². The Balaban J connectivity index is 1.38. The van der Waals surface area contributed by atoms with Gasteiger partial charge in [-0.15, -0.1) is 0 Å². The molecule has 0 unspecified atom stereocenters. The predicted molar refractivity (Wildman–Crippen MR) is 113 cm³/mol. The number of amides is 1. The van der Waals surface area contributed by atoms with Crippen molar-refractivity contribution in [3.8, 4) is 0 Å². The van der Waals surface area contributed by atoms with Crippen molar-refractivity contribution in [2.75, 3.05) is 55.4 Å². The molecule has 1 amide bonds. The molecule has 0 spiro atoms. The van der Waals surface area contributed by atoms with Crippen LogP contribution in [0.5, 0.6) is 0 Å². The number of carbonyl (C=O) groups excluding carboxylic acids is 1. The molecule has 0 radical (unpaired) electrons. The monoisotopic (exact) mass is 392 g/mol. The maximum Gasteiger partial charge on any atom is 0.289 e. The molecule has 1 aliphatic heterocycles. The van der Waals surface area contributed by atoms with E-state index in [-0.39, 0.29) is 5.91 Å². The summed E-state index contributed by atoms with van der Waals surface area (Å²) in [5, 5.41) is 3.32. The van der Waals surface area contributed by atoms with Gasteiger partial charge in [-0.3, -0.25) is 4.79 Å². The second-order valence-corrected chi connectivity index (χ2v) is 7.06. The summed E-state index contributed by atoms with van der Waals surface area (Å²) < 4.78 is 5.21. The van der Waals surface area contributed by atoms with Crippen LogP contribution in [-0.2, 0) is 0 Å². The molecule has 1 aromatic carbocycles. The van der Waals surface area contributed by atoms with Gasteiger partial charge >= 0.3 is 0 Å². The zero-order chi connectivity index (χ0) is 20.2. The second-order valence-electron chi connectivity index (χ2n) is 7.06. The van der Waals surface area contributed by atoms with Crippen molar-refractivity contribution >= 4 is 29.0 Å². The van der Waals surface area contributed by atoms with Crippen LogP contribution < -0.4 is 15.1 Å². The highest BCUT2D eigenvalue weighted by Gasteiger charge is 2.24. The van der Waals surface area contributed by atoms with Crippen LogP contribution in [0.2, 0.25) is 0 Å². The number of piperazine rings is 1. The summed E-state index contributed by atoms with van der Waals surface area (Å²) in [5.41, 5.74) is 2.11. The molecule has 0 atom stereocenters. The minimum absolute atomic E-state index is 0.0767. The van der Waals surface area contributed by atoms with E-state index in [9.17, 15) is 4.79 Å². The fraction of sp³-hybridized carbons (Fsp3) is 0.286. The number of benzene rings is 1. The topological polar surface area (TPSA) is 77.7 Å². The van der Waals surface area contributed by atoms with E-state index >= 15 is 0 Å². The van der Waals surface area contributed by atoms with Crippen LogP contribution in [0.4, 0.5) is 23.1 Å². The lowest BCUT2D eigenvalue weighted by Crippen LogP contribution is -2.49. The molecule has 8 heteroatoms. The van der Waals surface area contributed by atoms with Crippen LogP contribution in [0.25, 0.3) is 0 Å². The number of nitrogens with zero attached hydrogens (tertiary/aromatic N) is 5. The van der Waals surface area contributed by atoms with E-state index in [1.54, 1.807) is 23.2 Å². The molecule has 29 heavy (non-hydrogen) atoms. The summed E-state index contributed by atoms with van der Waals surface area (Å²) in [6, 6.07) is 13.4. The molecule has 0 aliphatic carbocycles. The summed E-state index contributed by atoms with van der Waals surface area (Å²) >= 11 is 0. The fourth-order valence-corrected chi connectivity index (χ4v) is 3.23. The van der Waals surface area contributed by atoms with Gasteiger partial charge in [0, 0.05) is 57.8 Å². The van der Waals surface area contributed by atoms with E-state index in [2.05, 4.69) is 37.2 Å². The van der Waals surface area contributed by atoms with Crippen molar-refractivity contribution in [3.63, 3.8) is 0 Å². The zero-order valence-corrected chi connectivity index (χ0v) is 16.6. The largest absolute Gasteiger partial charge is 0.459 e. The number of rotatable bonds is 5. The molecular weight excluding hydrogens is 368 g/mol. The SMILES string of the molecule is CN(C)c1ccc(Nc2ccnc(N3CCN(C(=O)c4ccco4)CC3)n2)cc1. The fourth-order valence-electron chi connectivity index (χ4n) is 3.23. The van der Waals surface area contributed by atoms with Gasteiger partial charge in [0.05, 0.1) is 6.26 Å². The third-order valence-electron chi connectivity index (χ3n) is 4.88. The first-order valence-electron chi connectivity index (χ1n) is 9.55. The average Bonchev–Trinajstić information content (AvgIpc) is 3.29. The Hall–Kier alpha value is -3.55. The summed E-state index contributed by atoms with van der Waals surface area (Å²) in [4.78, 5) is 27.4. The molecule has 150 valence electrons. The second kappa shape index (κ2) is 8.22. The van der Waals surface area contributed by atoms with E-state index in [0.717, 1.165) is 17.2 Å². The van der Waals surface area contributed by atoms with E-state index in [0.29, 0.717) is 37.9 Å². The standard InChI is InChI=1S/C21H24N6O2/c1-25(2)17-7-5-16(6-8-17)23-19-9-10-22-21(24-19)27-13-11-26(12-14-27)20(28)18-4-3-15-29-18/h3-10,15H,11-14H2,1-2H3,(H,22,23,24). The van der Waals surface area contributed by atoms with Crippen molar-refractivity contribution in [3.05, 3.63) is 60.7 Å². The van der Waals surface area contributed by atoms with Crippen molar-refractivity contribution in [2.45, 2.75) is 0 Å². The maximum absolute atomic E-state index is 12.4. The molecular formula is C21H24N6O2. The van der Waals surface area contributed by atoms with Crippen LogP contribution in [0, 0.1) is 0 Å². The number of furan rings is 1. The summed E-state index contributed by atoms with van der Waals surface area (Å²) in [6.45, 7) is 2.56. The third-order valence-corrected chi connectivity index (χ3v) is 4.88. The highest BCUT2D eigenvalue weighted by Crippen LogP contribution is 2.21. The predicted octanol–water partition coefficient (Wildman–Crippen LogP) is 2.84. The lowest BCUT2D eigenvalue weighted by atomic mass is 10.2. The molecule has 0 bridgehead atoms. The Kier molecular flexibility index (Phi) is 5.33. The lowest BCUT2D eigenvalue weighted by Gasteiger charge is -2.34. The first-order valence-corrected chi connectivity index (χ1v) is 9.55.